The van der Waals surface area contributed by atoms with Gasteiger partial charge in [0.05, 0.1) is 5.54 Å². The summed E-state index contributed by atoms with van der Waals surface area (Å²) in [6, 6.07) is 1.86. The van der Waals surface area contributed by atoms with Crippen LogP contribution >= 0.6 is 0 Å². The Balaban J connectivity index is 1.87. The Morgan fingerprint density at radius 1 is 1.29 bits per heavy atom. The van der Waals surface area contributed by atoms with Gasteiger partial charge in [-0.25, -0.2) is 9.97 Å². The molecule has 0 bridgehead atoms. The van der Waals surface area contributed by atoms with Crippen molar-refractivity contribution >= 4 is 5.95 Å². The van der Waals surface area contributed by atoms with Gasteiger partial charge in [0, 0.05) is 25.5 Å². The summed E-state index contributed by atoms with van der Waals surface area (Å²) in [5.74, 6) is 0.891. The molecule has 4 heteroatoms. The van der Waals surface area contributed by atoms with Crippen LogP contribution in [-0.4, -0.2) is 35.1 Å². The fourth-order valence-electron chi connectivity index (χ4n) is 2.46. The van der Waals surface area contributed by atoms with Gasteiger partial charge >= 0.3 is 0 Å². The lowest BCUT2D eigenvalue weighted by Gasteiger charge is -2.50. The summed E-state index contributed by atoms with van der Waals surface area (Å²) in [5.41, 5.74) is 0.335. The third kappa shape index (κ3) is 1.04. The number of aromatic nitrogens is 2. The predicted molar refractivity (Wildman–Crippen MR) is 54.2 cm³/mol. The van der Waals surface area contributed by atoms with Crippen LogP contribution in [0.3, 0.4) is 0 Å². The Bertz CT molecular complexity index is 318. The highest BCUT2D eigenvalue weighted by Gasteiger charge is 2.47. The average Bonchev–Trinajstić information content (AvgIpc) is 2.68. The molecule has 2 fully saturated rings. The van der Waals surface area contributed by atoms with Crippen molar-refractivity contribution in [2.24, 2.45) is 0 Å². The molecule has 1 spiro atoms. The zero-order chi connectivity index (χ0) is 9.43. The summed E-state index contributed by atoms with van der Waals surface area (Å²) in [7, 11) is 0. The minimum Gasteiger partial charge on any atom is -0.334 e. The number of hydrogen-bond acceptors (Lipinski definition) is 4. The second kappa shape index (κ2) is 2.92. The van der Waals surface area contributed by atoms with Crippen molar-refractivity contribution in [3.63, 3.8) is 0 Å². The monoisotopic (exact) mass is 190 g/mol. The van der Waals surface area contributed by atoms with Crippen LogP contribution in [0.4, 0.5) is 5.95 Å². The van der Waals surface area contributed by atoms with Gasteiger partial charge in [-0.15, -0.1) is 0 Å². The van der Waals surface area contributed by atoms with Crippen molar-refractivity contribution < 1.29 is 0 Å². The molecule has 1 atom stereocenters. The largest absolute Gasteiger partial charge is 0.334 e. The van der Waals surface area contributed by atoms with Crippen LogP contribution in [0.15, 0.2) is 18.5 Å². The molecule has 0 unspecified atom stereocenters. The number of rotatable bonds is 1. The van der Waals surface area contributed by atoms with Crippen LogP contribution in [-0.2, 0) is 0 Å². The van der Waals surface area contributed by atoms with Crippen molar-refractivity contribution in [2.75, 3.05) is 24.5 Å². The van der Waals surface area contributed by atoms with Crippen molar-refractivity contribution in [2.45, 2.75) is 18.4 Å². The Labute approximate surface area is 83.4 Å². The molecule has 0 radical (unpaired) electrons. The molecule has 4 nitrogen and oxygen atoms in total. The van der Waals surface area contributed by atoms with E-state index in [9.17, 15) is 0 Å². The van der Waals surface area contributed by atoms with Crippen LogP contribution in [0.25, 0.3) is 0 Å². The van der Waals surface area contributed by atoms with Crippen LogP contribution in [0.5, 0.6) is 0 Å². The average molecular weight is 190 g/mol. The van der Waals surface area contributed by atoms with Gasteiger partial charge < -0.3 is 10.2 Å². The number of nitrogens with zero attached hydrogens (tertiary/aromatic N) is 3. The molecule has 1 aromatic heterocycles. The molecule has 3 rings (SSSR count). The highest BCUT2D eigenvalue weighted by atomic mass is 15.4. The fraction of sp³-hybridized carbons (Fsp3) is 0.600. The summed E-state index contributed by atoms with van der Waals surface area (Å²) in [6.45, 7) is 3.32. The number of anilines is 1. The van der Waals surface area contributed by atoms with Gasteiger partial charge in [-0.2, -0.15) is 0 Å². The van der Waals surface area contributed by atoms with Crippen molar-refractivity contribution in [3.8, 4) is 0 Å². The van der Waals surface area contributed by atoms with E-state index < -0.39 is 0 Å². The second-order valence-electron chi connectivity index (χ2n) is 4.10. The van der Waals surface area contributed by atoms with E-state index in [1.54, 1.807) is 0 Å². The molecule has 1 N–H and O–H groups in total. The van der Waals surface area contributed by atoms with E-state index in [0.717, 1.165) is 25.6 Å². The number of hydrogen-bond donors (Lipinski definition) is 1. The first-order valence-electron chi connectivity index (χ1n) is 5.16. The third-order valence-electron chi connectivity index (χ3n) is 3.39. The molecule has 0 aliphatic carbocycles. The van der Waals surface area contributed by atoms with Crippen molar-refractivity contribution in [1.82, 2.24) is 15.3 Å². The normalized spacial score (nSPS) is 30.7. The Kier molecular flexibility index (Phi) is 1.70. The first-order chi connectivity index (χ1) is 6.91. The van der Waals surface area contributed by atoms with Crippen molar-refractivity contribution in [3.05, 3.63) is 18.5 Å². The molecule has 0 aromatic carbocycles. The molecule has 3 heterocycles. The summed E-state index contributed by atoms with van der Waals surface area (Å²) in [4.78, 5) is 11.0. The van der Waals surface area contributed by atoms with Gasteiger partial charge in [-0.1, -0.05) is 0 Å². The van der Waals surface area contributed by atoms with Gasteiger partial charge in [0.2, 0.25) is 5.95 Å². The van der Waals surface area contributed by atoms with Gasteiger partial charge in [0.25, 0.3) is 0 Å². The predicted octanol–water partition coefficient (Wildman–Crippen LogP) is 0.419. The highest BCUT2D eigenvalue weighted by molar-refractivity contribution is 5.41. The zero-order valence-electron chi connectivity index (χ0n) is 8.11. The second-order valence-corrected chi connectivity index (χ2v) is 4.10. The van der Waals surface area contributed by atoms with E-state index in [0.29, 0.717) is 5.54 Å². The summed E-state index contributed by atoms with van der Waals surface area (Å²) < 4.78 is 0. The Hall–Kier alpha value is -1.16. The van der Waals surface area contributed by atoms with Gasteiger partial charge in [0.15, 0.2) is 0 Å². The molecule has 74 valence electrons. The molecule has 0 amide bonds. The maximum absolute atomic E-state index is 4.31. The maximum Gasteiger partial charge on any atom is 0.225 e. The maximum atomic E-state index is 4.31. The first kappa shape index (κ1) is 8.17. The topological polar surface area (TPSA) is 41.1 Å². The SMILES string of the molecule is c1cnc(N2CC[C@]23CCNC3)nc1. The first-order valence-corrected chi connectivity index (χ1v) is 5.16. The quantitative estimate of drug-likeness (QED) is 0.696. The molecular weight excluding hydrogens is 176 g/mol. The highest BCUT2D eigenvalue weighted by Crippen LogP contribution is 2.37. The zero-order valence-corrected chi connectivity index (χ0v) is 8.11. The molecule has 14 heavy (non-hydrogen) atoms. The lowest BCUT2D eigenvalue weighted by Crippen LogP contribution is -2.62. The van der Waals surface area contributed by atoms with Crippen LogP contribution < -0.4 is 10.2 Å². The molecule has 2 aliphatic rings. The van der Waals surface area contributed by atoms with Crippen LogP contribution in [0.1, 0.15) is 12.8 Å². The lowest BCUT2D eigenvalue weighted by molar-refractivity contribution is 0.295. The van der Waals surface area contributed by atoms with Gasteiger partial charge in [0.1, 0.15) is 0 Å². The standard InChI is InChI=1S/C10H14N4/c1-4-12-9(13-5-1)14-7-3-10(14)2-6-11-8-10/h1,4-5,11H,2-3,6-8H2/t10-/m0/s1. The van der Waals surface area contributed by atoms with E-state index in [1.165, 1.54) is 12.8 Å². The Morgan fingerprint density at radius 2 is 2.14 bits per heavy atom. The molecule has 1 aromatic rings. The number of nitrogens with one attached hydrogen (secondary N) is 1. The summed E-state index contributed by atoms with van der Waals surface area (Å²) >= 11 is 0. The third-order valence-corrected chi connectivity index (χ3v) is 3.39. The lowest BCUT2D eigenvalue weighted by atomic mass is 9.84. The smallest absolute Gasteiger partial charge is 0.225 e. The minimum absolute atomic E-state index is 0.335. The van der Waals surface area contributed by atoms with E-state index in [-0.39, 0.29) is 0 Å². The van der Waals surface area contributed by atoms with E-state index >= 15 is 0 Å². The Morgan fingerprint density at radius 3 is 2.71 bits per heavy atom. The molecular formula is C10H14N4. The van der Waals surface area contributed by atoms with E-state index in [1.807, 2.05) is 18.5 Å². The molecule has 2 aliphatic heterocycles. The summed E-state index contributed by atoms with van der Waals surface area (Å²) in [5, 5.41) is 3.42. The van der Waals surface area contributed by atoms with Crippen LogP contribution in [0.2, 0.25) is 0 Å². The fourth-order valence-corrected chi connectivity index (χ4v) is 2.46. The van der Waals surface area contributed by atoms with Crippen LogP contribution in [0, 0.1) is 0 Å². The molecule has 2 saturated heterocycles. The van der Waals surface area contributed by atoms with E-state index in [4.69, 9.17) is 0 Å². The minimum atomic E-state index is 0.335. The molecule has 0 saturated carbocycles. The summed E-state index contributed by atoms with van der Waals surface area (Å²) in [6.07, 6.45) is 6.14. The van der Waals surface area contributed by atoms with Gasteiger partial charge in [-0.05, 0) is 25.5 Å². The van der Waals surface area contributed by atoms with E-state index in [2.05, 4.69) is 20.2 Å². The van der Waals surface area contributed by atoms with Crippen molar-refractivity contribution in [1.29, 1.82) is 0 Å². The van der Waals surface area contributed by atoms with Gasteiger partial charge in [-0.3, -0.25) is 0 Å².